The molecule has 1 amide bonds. The Hall–Kier alpha value is -1.20. The molecule has 1 aromatic rings. The number of halogens is 3. The molecule has 128 valence electrons. The Kier molecular flexibility index (Phi) is 6.58. The van der Waals surface area contributed by atoms with E-state index in [1.807, 2.05) is 25.1 Å². The number of benzene rings is 1. The number of hydrogen-bond donors (Lipinski definition) is 1. The van der Waals surface area contributed by atoms with E-state index in [2.05, 4.69) is 43.8 Å². The average Bonchev–Trinajstić information content (AvgIpc) is 3.19. The molecule has 1 unspecified atom stereocenters. The molecule has 1 aliphatic carbocycles. The maximum atomic E-state index is 14.7. The van der Waals surface area contributed by atoms with Crippen molar-refractivity contribution in [2.24, 2.45) is 0 Å². The monoisotopic (exact) mass is 455 g/mol. The molecule has 1 aromatic carbocycles. The molecule has 2 nitrogen and oxygen atoms in total. The highest BCUT2D eigenvalue weighted by molar-refractivity contribution is 9.13. The van der Waals surface area contributed by atoms with Crippen molar-refractivity contribution in [2.45, 2.75) is 31.4 Å². The van der Waals surface area contributed by atoms with Gasteiger partial charge in [0.2, 0.25) is 5.91 Å². The summed E-state index contributed by atoms with van der Waals surface area (Å²) < 4.78 is 16.6. The summed E-state index contributed by atoms with van der Waals surface area (Å²) in [5, 5.41) is 2.70. The minimum Gasteiger partial charge on any atom is -0.349 e. The highest BCUT2D eigenvalue weighted by Gasteiger charge is 2.55. The van der Waals surface area contributed by atoms with Gasteiger partial charge in [0.15, 0.2) is 0 Å². The molecular weight excluding hydrogens is 437 g/mol. The lowest BCUT2D eigenvalue weighted by molar-refractivity contribution is -0.116. The fraction of sp³-hybridized carbons (Fsp3) is 0.316. The van der Waals surface area contributed by atoms with Gasteiger partial charge in [0, 0.05) is 33.9 Å². The van der Waals surface area contributed by atoms with Crippen LogP contribution in [-0.4, -0.2) is 18.1 Å². The Bertz CT molecular complexity index is 699. The summed E-state index contributed by atoms with van der Waals surface area (Å²) in [6.07, 6.45) is 7.44. The van der Waals surface area contributed by atoms with Crippen molar-refractivity contribution in [2.75, 3.05) is 6.54 Å². The molecule has 2 rings (SSSR count). The molecule has 5 heteroatoms. The summed E-state index contributed by atoms with van der Waals surface area (Å²) in [5.41, 5.74) is 0.724. The molecule has 0 heterocycles. The van der Waals surface area contributed by atoms with Gasteiger partial charge in [-0.05, 0) is 62.9 Å². The van der Waals surface area contributed by atoms with Crippen LogP contribution in [0.3, 0.4) is 0 Å². The fourth-order valence-electron chi connectivity index (χ4n) is 2.43. The van der Waals surface area contributed by atoms with Crippen molar-refractivity contribution >= 4 is 37.8 Å². The second-order valence-corrected chi connectivity index (χ2v) is 7.84. The van der Waals surface area contributed by atoms with Crippen LogP contribution in [0, 0.1) is 0 Å². The van der Waals surface area contributed by atoms with Gasteiger partial charge in [-0.2, -0.15) is 0 Å². The number of nitrogens with one attached hydrogen (secondary N) is 1. The molecule has 0 saturated heterocycles. The Labute approximate surface area is 159 Å². The van der Waals surface area contributed by atoms with E-state index in [0.29, 0.717) is 19.4 Å². The number of hydrogen-bond acceptors (Lipinski definition) is 1. The van der Waals surface area contributed by atoms with E-state index in [-0.39, 0.29) is 11.8 Å². The SMILES string of the molecule is C=C(C)CNC(=O)C=CC=CC[C@@]1(F)CC1c1ccc(Br)c(Br)c1. The van der Waals surface area contributed by atoms with Gasteiger partial charge >= 0.3 is 0 Å². The summed E-state index contributed by atoms with van der Waals surface area (Å²) in [6, 6.07) is 5.85. The van der Waals surface area contributed by atoms with Crippen molar-refractivity contribution in [3.05, 3.63) is 69.2 Å². The predicted molar refractivity (Wildman–Crippen MR) is 104 cm³/mol. The molecule has 0 radical (unpaired) electrons. The molecule has 1 saturated carbocycles. The van der Waals surface area contributed by atoms with E-state index >= 15 is 0 Å². The Balaban J connectivity index is 1.81. The Morgan fingerprint density at radius 2 is 2.17 bits per heavy atom. The third kappa shape index (κ3) is 5.42. The first-order valence-electron chi connectivity index (χ1n) is 7.71. The van der Waals surface area contributed by atoms with E-state index in [9.17, 15) is 9.18 Å². The maximum Gasteiger partial charge on any atom is 0.244 e. The second-order valence-electron chi connectivity index (χ2n) is 6.13. The largest absolute Gasteiger partial charge is 0.349 e. The topological polar surface area (TPSA) is 29.1 Å². The van der Waals surface area contributed by atoms with Crippen molar-refractivity contribution in [1.82, 2.24) is 5.32 Å². The van der Waals surface area contributed by atoms with Crippen LogP contribution in [0.4, 0.5) is 4.39 Å². The molecule has 24 heavy (non-hydrogen) atoms. The summed E-state index contributed by atoms with van der Waals surface area (Å²) in [6.45, 7) is 6.02. The van der Waals surface area contributed by atoms with Gasteiger partial charge in [-0.15, -0.1) is 0 Å². The number of carbonyl (C=O) groups is 1. The van der Waals surface area contributed by atoms with E-state index in [4.69, 9.17) is 0 Å². The highest BCUT2D eigenvalue weighted by Crippen LogP contribution is 2.57. The van der Waals surface area contributed by atoms with E-state index in [0.717, 1.165) is 20.1 Å². The third-order valence-electron chi connectivity index (χ3n) is 3.87. The third-order valence-corrected chi connectivity index (χ3v) is 5.75. The molecule has 1 N–H and O–H groups in total. The lowest BCUT2D eigenvalue weighted by atomic mass is 10.1. The summed E-state index contributed by atoms with van der Waals surface area (Å²) in [7, 11) is 0. The number of alkyl halides is 1. The maximum absolute atomic E-state index is 14.7. The zero-order valence-corrected chi connectivity index (χ0v) is 16.7. The van der Waals surface area contributed by atoms with Gasteiger partial charge in [-0.25, -0.2) is 4.39 Å². The summed E-state index contributed by atoms with van der Waals surface area (Å²) >= 11 is 6.87. The van der Waals surface area contributed by atoms with Crippen LogP contribution < -0.4 is 5.32 Å². The molecule has 0 spiro atoms. The normalized spacial score (nSPS) is 22.9. The second kappa shape index (κ2) is 8.26. The average molecular weight is 457 g/mol. The molecular formula is C19H20Br2FNO. The Morgan fingerprint density at radius 1 is 1.42 bits per heavy atom. The molecule has 0 bridgehead atoms. The van der Waals surface area contributed by atoms with Gasteiger partial charge in [0.25, 0.3) is 0 Å². The zero-order chi connectivity index (χ0) is 17.7. The molecule has 1 aliphatic rings. The Morgan fingerprint density at radius 3 is 2.83 bits per heavy atom. The first-order valence-corrected chi connectivity index (χ1v) is 9.30. The lowest BCUT2D eigenvalue weighted by Crippen LogP contribution is -2.22. The number of amides is 1. The highest BCUT2D eigenvalue weighted by atomic mass is 79.9. The summed E-state index contributed by atoms with van der Waals surface area (Å²) in [4.78, 5) is 11.5. The minimum absolute atomic E-state index is 0.0607. The van der Waals surface area contributed by atoms with E-state index in [1.165, 1.54) is 6.08 Å². The smallest absolute Gasteiger partial charge is 0.244 e. The van der Waals surface area contributed by atoms with Crippen molar-refractivity contribution in [3.63, 3.8) is 0 Å². The van der Waals surface area contributed by atoms with Gasteiger partial charge < -0.3 is 5.32 Å². The van der Waals surface area contributed by atoms with Gasteiger partial charge in [-0.3, -0.25) is 4.79 Å². The molecule has 2 atom stereocenters. The molecule has 0 aromatic heterocycles. The number of rotatable bonds is 7. The van der Waals surface area contributed by atoms with Gasteiger partial charge in [-0.1, -0.05) is 36.4 Å². The van der Waals surface area contributed by atoms with Gasteiger partial charge in [0.05, 0.1) is 0 Å². The van der Waals surface area contributed by atoms with Crippen LogP contribution in [0.15, 0.2) is 63.6 Å². The van der Waals surface area contributed by atoms with Crippen LogP contribution in [0.25, 0.3) is 0 Å². The molecule has 0 aliphatic heterocycles. The predicted octanol–water partition coefficient (Wildman–Crippen LogP) is 5.60. The van der Waals surface area contributed by atoms with Crippen molar-refractivity contribution in [1.29, 1.82) is 0 Å². The quantitative estimate of drug-likeness (QED) is 0.323. The fourth-order valence-corrected chi connectivity index (χ4v) is 3.08. The van der Waals surface area contributed by atoms with Crippen LogP contribution >= 0.6 is 31.9 Å². The van der Waals surface area contributed by atoms with Gasteiger partial charge in [0.1, 0.15) is 5.67 Å². The van der Waals surface area contributed by atoms with Crippen LogP contribution in [0.2, 0.25) is 0 Å². The zero-order valence-electron chi connectivity index (χ0n) is 13.5. The van der Waals surface area contributed by atoms with Crippen LogP contribution in [-0.2, 0) is 4.79 Å². The minimum atomic E-state index is -1.18. The molecule has 1 fully saturated rings. The number of carbonyl (C=O) groups excluding carboxylic acids is 1. The first kappa shape index (κ1) is 19.1. The number of allylic oxidation sites excluding steroid dienone is 3. The van der Waals surface area contributed by atoms with Crippen LogP contribution in [0.5, 0.6) is 0 Å². The van der Waals surface area contributed by atoms with Crippen molar-refractivity contribution < 1.29 is 9.18 Å². The van der Waals surface area contributed by atoms with Crippen molar-refractivity contribution in [3.8, 4) is 0 Å². The van der Waals surface area contributed by atoms with E-state index in [1.54, 1.807) is 18.2 Å². The lowest BCUT2D eigenvalue weighted by Gasteiger charge is -2.06. The van der Waals surface area contributed by atoms with E-state index < -0.39 is 5.67 Å². The first-order chi connectivity index (χ1) is 11.3. The van der Waals surface area contributed by atoms with Crippen LogP contribution in [0.1, 0.15) is 31.2 Å². The standard InChI is InChI=1S/C19H20Br2FNO/c1-13(2)12-23-18(24)6-4-3-5-9-19(22)11-15(19)14-7-8-16(20)17(21)10-14/h3-8,10,15H,1,9,11-12H2,2H3,(H,23,24)/t15?,19-/m1/s1. The summed E-state index contributed by atoms with van der Waals surface area (Å²) in [5.74, 6) is -0.240.